The highest BCUT2D eigenvalue weighted by Gasteiger charge is 2.44. The fourth-order valence-electron chi connectivity index (χ4n) is 1.94. The van der Waals surface area contributed by atoms with E-state index in [0.717, 1.165) is 23.6 Å². The molecule has 1 saturated carbocycles. The van der Waals surface area contributed by atoms with Gasteiger partial charge in [-0.15, -0.1) is 0 Å². The van der Waals surface area contributed by atoms with Crippen molar-refractivity contribution in [1.82, 2.24) is 5.32 Å². The van der Waals surface area contributed by atoms with Gasteiger partial charge in [-0.3, -0.25) is 0 Å². The molecular formula is C12H16ClNO. The Morgan fingerprint density at radius 2 is 2.20 bits per heavy atom. The van der Waals surface area contributed by atoms with Crippen molar-refractivity contribution >= 4 is 11.6 Å². The quantitative estimate of drug-likeness (QED) is 0.851. The summed E-state index contributed by atoms with van der Waals surface area (Å²) in [6.07, 6.45) is 2.31. The fourth-order valence-corrected chi connectivity index (χ4v) is 2.11. The lowest BCUT2D eigenvalue weighted by atomic mass is 10.0. The minimum absolute atomic E-state index is 0.107. The minimum atomic E-state index is 0.107. The number of halogens is 1. The SMILES string of the molecule is CCOc1ccc(Cl)cc1C1(NC)CC1. The van der Waals surface area contributed by atoms with Crippen LogP contribution in [-0.4, -0.2) is 13.7 Å². The molecule has 0 aromatic heterocycles. The number of hydrogen-bond acceptors (Lipinski definition) is 2. The molecular weight excluding hydrogens is 210 g/mol. The molecule has 0 atom stereocenters. The lowest BCUT2D eigenvalue weighted by Crippen LogP contribution is -2.25. The highest BCUT2D eigenvalue weighted by Crippen LogP contribution is 2.49. The molecule has 0 unspecified atom stereocenters. The number of nitrogens with one attached hydrogen (secondary N) is 1. The predicted molar refractivity (Wildman–Crippen MR) is 62.6 cm³/mol. The van der Waals surface area contributed by atoms with Crippen LogP contribution >= 0.6 is 11.6 Å². The van der Waals surface area contributed by atoms with E-state index in [0.29, 0.717) is 6.61 Å². The second-order valence-electron chi connectivity index (χ2n) is 3.91. The molecule has 0 spiro atoms. The Morgan fingerprint density at radius 1 is 1.47 bits per heavy atom. The van der Waals surface area contributed by atoms with E-state index in [4.69, 9.17) is 16.3 Å². The van der Waals surface area contributed by atoms with E-state index in [2.05, 4.69) is 5.32 Å². The van der Waals surface area contributed by atoms with Gasteiger partial charge in [0.05, 0.1) is 6.61 Å². The van der Waals surface area contributed by atoms with E-state index >= 15 is 0 Å². The zero-order valence-corrected chi connectivity index (χ0v) is 9.90. The number of benzene rings is 1. The van der Waals surface area contributed by atoms with E-state index in [-0.39, 0.29) is 5.54 Å². The summed E-state index contributed by atoms with van der Waals surface area (Å²) in [5, 5.41) is 4.13. The van der Waals surface area contributed by atoms with Crippen LogP contribution in [0.25, 0.3) is 0 Å². The third-order valence-corrected chi connectivity index (χ3v) is 3.22. The van der Waals surface area contributed by atoms with Crippen LogP contribution in [0.4, 0.5) is 0 Å². The normalized spacial score (nSPS) is 17.5. The van der Waals surface area contributed by atoms with E-state index in [9.17, 15) is 0 Å². The Labute approximate surface area is 95.6 Å². The van der Waals surface area contributed by atoms with Crippen molar-refractivity contribution in [2.75, 3.05) is 13.7 Å². The summed E-state index contributed by atoms with van der Waals surface area (Å²) < 4.78 is 5.62. The number of hydrogen-bond donors (Lipinski definition) is 1. The molecule has 1 aliphatic rings. The Balaban J connectivity index is 2.38. The Kier molecular flexibility index (Phi) is 2.89. The molecule has 0 heterocycles. The Morgan fingerprint density at radius 3 is 2.73 bits per heavy atom. The lowest BCUT2D eigenvalue weighted by molar-refractivity contribution is 0.331. The first-order valence-corrected chi connectivity index (χ1v) is 5.71. The third kappa shape index (κ3) is 1.97. The number of ether oxygens (including phenoxy) is 1. The van der Waals surface area contributed by atoms with Crippen molar-refractivity contribution in [3.8, 4) is 5.75 Å². The molecule has 82 valence electrons. The zero-order valence-electron chi connectivity index (χ0n) is 9.14. The maximum atomic E-state index is 6.02. The fraction of sp³-hybridized carbons (Fsp3) is 0.500. The van der Waals surface area contributed by atoms with Gasteiger partial charge in [-0.05, 0) is 45.0 Å². The van der Waals surface area contributed by atoms with Crippen molar-refractivity contribution in [3.63, 3.8) is 0 Å². The van der Waals surface area contributed by atoms with E-state index in [1.165, 1.54) is 5.56 Å². The van der Waals surface area contributed by atoms with Gasteiger partial charge in [0.1, 0.15) is 5.75 Å². The average Bonchev–Trinajstić information content (AvgIpc) is 3.02. The van der Waals surface area contributed by atoms with Crippen LogP contribution < -0.4 is 10.1 Å². The van der Waals surface area contributed by atoms with Gasteiger partial charge >= 0.3 is 0 Å². The molecule has 1 fully saturated rings. The highest BCUT2D eigenvalue weighted by molar-refractivity contribution is 6.30. The summed E-state index contributed by atoms with van der Waals surface area (Å²) in [6, 6.07) is 5.84. The molecule has 15 heavy (non-hydrogen) atoms. The molecule has 0 bridgehead atoms. The van der Waals surface area contributed by atoms with Gasteiger partial charge in [0.25, 0.3) is 0 Å². The van der Waals surface area contributed by atoms with E-state index < -0.39 is 0 Å². The van der Waals surface area contributed by atoms with Gasteiger partial charge in [0.15, 0.2) is 0 Å². The Bertz CT molecular complexity index is 361. The predicted octanol–water partition coefficient (Wildman–Crippen LogP) is 2.95. The van der Waals surface area contributed by atoms with Crippen LogP contribution in [0.1, 0.15) is 25.3 Å². The second kappa shape index (κ2) is 4.03. The molecule has 2 rings (SSSR count). The first-order chi connectivity index (χ1) is 7.22. The van der Waals surface area contributed by atoms with Crippen molar-refractivity contribution in [3.05, 3.63) is 28.8 Å². The molecule has 1 aliphatic carbocycles. The first kappa shape index (κ1) is 10.8. The van der Waals surface area contributed by atoms with Crippen LogP contribution in [0.15, 0.2) is 18.2 Å². The summed E-state index contributed by atoms with van der Waals surface area (Å²) in [6.45, 7) is 2.69. The summed E-state index contributed by atoms with van der Waals surface area (Å²) in [5.41, 5.74) is 1.30. The molecule has 0 aliphatic heterocycles. The van der Waals surface area contributed by atoms with Crippen LogP contribution in [0.5, 0.6) is 5.75 Å². The summed E-state index contributed by atoms with van der Waals surface area (Å²) >= 11 is 6.02. The van der Waals surface area contributed by atoms with Crippen molar-refractivity contribution < 1.29 is 4.74 Å². The highest BCUT2D eigenvalue weighted by atomic mass is 35.5. The van der Waals surface area contributed by atoms with Crippen LogP contribution in [0.2, 0.25) is 5.02 Å². The third-order valence-electron chi connectivity index (χ3n) is 2.99. The Hall–Kier alpha value is -0.730. The molecule has 0 saturated heterocycles. The zero-order chi connectivity index (χ0) is 10.9. The van der Waals surface area contributed by atoms with E-state index in [1.54, 1.807) is 0 Å². The molecule has 1 aromatic rings. The lowest BCUT2D eigenvalue weighted by Gasteiger charge is -2.19. The molecule has 2 nitrogen and oxygen atoms in total. The molecule has 1 aromatic carbocycles. The monoisotopic (exact) mass is 225 g/mol. The average molecular weight is 226 g/mol. The van der Waals surface area contributed by atoms with Gasteiger partial charge in [0, 0.05) is 16.1 Å². The van der Waals surface area contributed by atoms with Crippen LogP contribution in [0, 0.1) is 0 Å². The molecule has 0 radical (unpaired) electrons. The summed E-state index contributed by atoms with van der Waals surface area (Å²) in [7, 11) is 1.99. The van der Waals surface area contributed by atoms with Gasteiger partial charge in [0.2, 0.25) is 0 Å². The summed E-state index contributed by atoms with van der Waals surface area (Å²) in [4.78, 5) is 0. The number of rotatable bonds is 4. The maximum Gasteiger partial charge on any atom is 0.124 e. The maximum absolute atomic E-state index is 6.02. The second-order valence-corrected chi connectivity index (χ2v) is 4.34. The van der Waals surface area contributed by atoms with E-state index in [1.807, 2.05) is 32.2 Å². The topological polar surface area (TPSA) is 21.3 Å². The van der Waals surface area contributed by atoms with Crippen molar-refractivity contribution in [1.29, 1.82) is 0 Å². The van der Waals surface area contributed by atoms with Crippen molar-refractivity contribution in [2.24, 2.45) is 0 Å². The summed E-state index contributed by atoms with van der Waals surface area (Å²) in [5.74, 6) is 0.953. The van der Waals surface area contributed by atoms with Crippen LogP contribution in [-0.2, 0) is 5.54 Å². The van der Waals surface area contributed by atoms with Gasteiger partial charge in [-0.1, -0.05) is 11.6 Å². The van der Waals surface area contributed by atoms with Gasteiger partial charge < -0.3 is 10.1 Å². The van der Waals surface area contributed by atoms with Crippen LogP contribution in [0.3, 0.4) is 0 Å². The smallest absolute Gasteiger partial charge is 0.124 e. The molecule has 0 amide bonds. The molecule has 3 heteroatoms. The van der Waals surface area contributed by atoms with Gasteiger partial charge in [-0.2, -0.15) is 0 Å². The minimum Gasteiger partial charge on any atom is -0.494 e. The standard InChI is InChI=1S/C12H16ClNO/c1-3-15-11-5-4-9(13)8-10(11)12(14-2)6-7-12/h4-5,8,14H,3,6-7H2,1-2H3. The first-order valence-electron chi connectivity index (χ1n) is 5.33. The van der Waals surface area contributed by atoms with Gasteiger partial charge in [-0.25, -0.2) is 0 Å². The van der Waals surface area contributed by atoms with Crippen molar-refractivity contribution in [2.45, 2.75) is 25.3 Å². The molecule has 1 N–H and O–H groups in total. The largest absolute Gasteiger partial charge is 0.494 e.